The standard InChI is InChI=1S/C13H13N3O2/c1-8(13(17)18)10-6-5-9(14)12(16-10)11-4-2-3-7-15-11/h2-8H,14H2,1H3,(H,17,18)/t8-/m0/s1. The van der Waals surface area contributed by atoms with E-state index in [1.54, 1.807) is 37.4 Å². The van der Waals surface area contributed by atoms with Gasteiger partial charge in [-0.1, -0.05) is 6.07 Å². The molecule has 92 valence electrons. The number of nitrogens with two attached hydrogens (primary N) is 1. The van der Waals surface area contributed by atoms with Crippen molar-refractivity contribution < 1.29 is 9.90 Å². The van der Waals surface area contributed by atoms with Crippen molar-refractivity contribution >= 4 is 11.7 Å². The molecule has 0 aliphatic carbocycles. The van der Waals surface area contributed by atoms with E-state index in [1.807, 2.05) is 6.07 Å². The Hall–Kier alpha value is -2.43. The van der Waals surface area contributed by atoms with Crippen LogP contribution < -0.4 is 5.73 Å². The maximum absolute atomic E-state index is 10.9. The molecule has 2 aromatic rings. The topological polar surface area (TPSA) is 89.1 Å². The maximum atomic E-state index is 10.9. The Morgan fingerprint density at radius 3 is 2.72 bits per heavy atom. The van der Waals surface area contributed by atoms with E-state index in [9.17, 15) is 4.79 Å². The number of nitrogens with zero attached hydrogens (tertiary/aromatic N) is 2. The van der Waals surface area contributed by atoms with Gasteiger partial charge < -0.3 is 10.8 Å². The number of hydrogen-bond donors (Lipinski definition) is 2. The van der Waals surface area contributed by atoms with E-state index in [-0.39, 0.29) is 0 Å². The van der Waals surface area contributed by atoms with Gasteiger partial charge in [-0.15, -0.1) is 0 Å². The average Bonchev–Trinajstić information content (AvgIpc) is 2.39. The number of hydrogen-bond acceptors (Lipinski definition) is 4. The quantitative estimate of drug-likeness (QED) is 0.859. The molecule has 0 unspecified atom stereocenters. The van der Waals surface area contributed by atoms with Crippen LogP contribution in [0, 0.1) is 0 Å². The molecule has 2 rings (SSSR count). The largest absolute Gasteiger partial charge is 0.481 e. The number of aliphatic carboxylic acids is 1. The van der Waals surface area contributed by atoms with Gasteiger partial charge in [0, 0.05) is 6.20 Å². The molecule has 0 radical (unpaired) electrons. The summed E-state index contributed by atoms with van der Waals surface area (Å²) in [4.78, 5) is 19.4. The molecule has 5 heteroatoms. The van der Waals surface area contributed by atoms with Gasteiger partial charge >= 0.3 is 5.97 Å². The Bertz CT molecular complexity index is 570. The summed E-state index contributed by atoms with van der Waals surface area (Å²) >= 11 is 0. The normalized spacial score (nSPS) is 12.1. The van der Waals surface area contributed by atoms with Gasteiger partial charge in [0.25, 0.3) is 0 Å². The van der Waals surface area contributed by atoms with E-state index >= 15 is 0 Å². The van der Waals surface area contributed by atoms with Gasteiger partial charge in [0.15, 0.2) is 0 Å². The molecule has 0 spiro atoms. The zero-order chi connectivity index (χ0) is 13.1. The summed E-state index contributed by atoms with van der Waals surface area (Å²) in [5, 5.41) is 8.98. The molecular weight excluding hydrogens is 230 g/mol. The number of anilines is 1. The van der Waals surface area contributed by atoms with Crippen molar-refractivity contribution in [3.8, 4) is 11.4 Å². The summed E-state index contributed by atoms with van der Waals surface area (Å²) in [5.74, 6) is -1.59. The van der Waals surface area contributed by atoms with Gasteiger partial charge in [0.2, 0.25) is 0 Å². The van der Waals surface area contributed by atoms with Crippen LogP contribution >= 0.6 is 0 Å². The monoisotopic (exact) mass is 243 g/mol. The van der Waals surface area contributed by atoms with E-state index < -0.39 is 11.9 Å². The molecule has 3 N–H and O–H groups in total. The first-order chi connectivity index (χ1) is 8.59. The number of carbonyl (C=O) groups is 1. The van der Waals surface area contributed by atoms with Crippen LogP contribution in [0.5, 0.6) is 0 Å². The molecule has 2 aromatic heterocycles. The molecular formula is C13H13N3O2. The molecule has 0 amide bonds. The molecule has 0 aliphatic heterocycles. The minimum absolute atomic E-state index is 0.470. The zero-order valence-corrected chi connectivity index (χ0v) is 9.87. The molecule has 0 fully saturated rings. The van der Waals surface area contributed by atoms with Crippen molar-refractivity contribution in [2.24, 2.45) is 0 Å². The average molecular weight is 243 g/mol. The fourth-order valence-corrected chi connectivity index (χ4v) is 1.56. The first-order valence-corrected chi connectivity index (χ1v) is 5.50. The third kappa shape index (κ3) is 2.29. The van der Waals surface area contributed by atoms with Crippen molar-refractivity contribution in [3.63, 3.8) is 0 Å². The number of rotatable bonds is 3. The highest BCUT2D eigenvalue weighted by Crippen LogP contribution is 2.24. The van der Waals surface area contributed by atoms with Gasteiger partial charge in [-0.25, -0.2) is 4.98 Å². The van der Waals surface area contributed by atoms with E-state index in [1.165, 1.54) is 0 Å². The summed E-state index contributed by atoms with van der Waals surface area (Å²) in [5.41, 5.74) is 7.95. The van der Waals surface area contributed by atoms with Crippen LogP contribution in [0.2, 0.25) is 0 Å². The predicted molar refractivity (Wildman–Crippen MR) is 67.9 cm³/mol. The van der Waals surface area contributed by atoms with Gasteiger partial charge in [-0.3, -0.25) is 9.78 Å². The molecule has 1 atom stereocenters. The van der Waals surface area contributed by atoms with Crippen molar-refractivity contribution in [2.75, 3.05) is 5.73 Å². The lowest BCUT2D eigenvalue weighted by molar-refractivity contribution is -0.138. The second-order valence-electron chi connectivity index (χ2n) is 3.95. The SMILES string of the molecule is C[C@H](C(=O)O)c1ccc(N)c(-c2ccccn2)n1. The van der Waals surface area contributed by atoms with Crippen LogP contribution in [0.3, 0.4) is 0 Å². The first kappa shape index (κ1) is 12.0. The minimum Gasteiger partial charge on any atom is -0.481 e. The lowest BCUT2D eigenvalue weighted by Gasteiger charge is -2.09. The number of nitrogen functional groups attached to an aromatic ring is 1. The zero-order valence-electron chi connectivity index (χ0n) is 9.87. The van der Waals surface area contributed by atoms with Gasteiger partial charge in [-0.2, -0.15) is 0 Å². The summed E-state index contributed by atoms with van der Waals surface area (Å²) in [6.45, 7) is 1.59. The lowest BCUT2D eigenvalue weighted by atomic mass is 10.1. The van der Waals surface area contributed by atoms with Crippen LogP contribution in [0.15, 0.2) is 36.5 Å². The Morgan fingerprint density at radius 2 is 2.11 bits per heavy atom. The number of carboxylic acids is 1. The highest BCUT2D eigenvalue weighted by Gasteiger charge is 2.17. The van der Waals surface area contributed by atoms with E-state index in [2.05, 4.69) is 9.97 Å². The summed E-state index contributed by atoms with van der Waals surface area (Å²) in [7, 11) is 0. The first-order valence-electron chi connectivity index (χ1n) is 5.50. The number of pyridine rings is 2. The highest BCUT2D eigenvalue weighted by molar-refractivity contribution is 5.76. The summed E-state index contributed by atoms with van der Waals surface area (Å²) < 4.78 is 0. The summed E-state index contributed by atoms with van der Waals surface area (Å²) in [6, 6.07) is 8.69. The van der Waals surface area contributed by atoms with Crippen LogP contribution in [0.4, 0.5) is 5.69 Å². The Kier molecular flexibility index (Phi) is 3.23. The predicted octanol–water partition coefficient (Wildman–Crippen LogP) is 1.91. The Labute approximate surface area is 104 Å². The number of carboxylic acid groups (broad SMARTS) is 1. The fraction of sp³-hybridized carbons (Fsp3) is 0.154. The third-order valence-electron chi connectivity index (χ3n) is 2.67. The van der Waals surface area contributed by atoms with Crippen molar-refractivity contribution in [3.05, 3.63) is 42.2 Å². The van der Waals surface area contributed by atoms with Crippen LogP contribution in [0.25, 0.3) is 11.4 Å². The molecule has 18 heavy (non-hydrogen) atoms. The van der Waals surface area contributed by atoms with Crippen LogP contribution in [0.1, 0.15) is 18.5 Å². The highest BCUT2D eigenvalue weighted by atomic mass is 16.4. The fourth-order valence-electron chi connectivity index (χ4n) is 1.56. The van der Waals surface area contributed by atoms with Gasteiger partial charge in [-0.05, 0) is 31.2 Å². The molecule has 0 bridgehead atoms. The Morgan fingerprint density at radius 1 is 1.33 bits per heavy atom. The third-order valence-corrected chi connectivity index (χ3v) is 2.67. The van der Waals surface area contributed by atoms with Crippen molar-refractivity contribution in [1.82, 2.24) is 9.97 Å². The second-order valence-corrected chi connectivity index (χ2v) is 3.95. The van der Waals surface area contributed by atoms with E-state index in [4.69, 9.17) is 10.8 Å². The smallest absolute Gasteiger partial charge is 0.312 e. The van der Waals surface area contributed by atoms with Crippen molar-refractivity contribution in [2.45, 2.75) is 12.8 Å². The number of aromatic nitrogens is 2. The molecule has 0 aromatic carbocycles. The minimum atomic E-state index is -0.917. The summed E-state index contributed by atoms with van der Waals surface area (Å²) in [6.07, 6.45) is 1.64. The molecule has 2 heterocycles. The molecule has 0 aliphatic rings. The van der Waals surface area contributed by atoms with Crippen LogP contribution in [-0.4, -0.2) is 21.0 Å². The van der Waals surface area contributed by atoms with Crippen LogP contribution in [-0.2, 0) is 4.79 Å². The maximum Gasteiger partial charge on any atom is 0.312 e. The molecule has 5 nitrogen and oxygen atoms in total. The molecule has 0 saturated carbocycles. The van der Waals surface area contributed by atoms with Crippen molar-refractivity contribution in [1.29, 1.82) is 0 Å². The second kappa shape index (κ2) is 4.83. The molecule has 0 saturated heterocycles. The Balaban J connectivity index is 2.49. The van der Waals surface area contributed by atoms with E-state index in [0.29, 0.717) is 22.8 Å². The lowest BCUT2D eigenvalue weighted by Crippen LogP contribution is -2.10. The van der Waals surface area contributed by atoms with E-state index in [0.717, 1.165) is 0 Å². The van der Waals surface area contributed by atoms with Gasteiger partial charge in [0.05, 0.1) is 23.0 Å². The van der Waals surface area contributed by atoms with Gasteiger partial charge in [0.1, 0.15) is 5.69 Å².